The van der Waals surface area contributed by atoms with E-state index < -0.39 is 0 Å². The smallest absolute Gasteiger partial charge is 0.313 e. The van der Waals surface area contributed by atoms with Crippen molar-refractivity contribution in [2.45, 2.75) is 13.0 Å². The van der Waals surface area contributed by atoms with Gasteiger partial charge in [0.05, 0.1) is 13.2 Å². The lowest BCUT2D eigenvalue weighted by molar-refractivity contribution is 0.260. The van der Waals surface area contributed by atoms with Crippen molar-refractivity contribution in [3.8, 4) is 5.95 Å². The summed E-state index contributed by atoms with van der Waals surface area (Å²) in [5.74, 6) is 1.32. The van der Waals surface area contributed by atoms with Crippen LogP contribution in [0.25, 0.3) is 0 Å². The minimum absolute atomic E-state index is 0.443. The molecule has 1 N–H and O–H groups in total. The second-order valence-corrected chi connectivity index (χ2v) is 3.45. The summed E-state index contributed by atoms with van der Waals surface area (Å²) in [5, 5.41) is 7.28. The molecular weight excluding hydrogens is 182 g/mol. The van der Waals surface area contributed by atoms with Gasteiger partial charge in [0.1, 0.15) is 0 Å². The lowest BCUT2D eigenvalue weighted by Crippen LogP contribution is -2.50. The lowest BCUT2D eigenvalue weighted by Gasteiger charge is -2.33. The summed E-state index contributed by atoms with van der Waals surface area (Å²) in [6, 6.07) is 2.26. The summed E-state index contributed by atoms with van der Waals surface area (Å²) >= 11 is 0. The van der Waals surface area contributed by atoms with Crippen LogP contribution in [0.1, 0.15) is 6.92 Å². The highest BCUT2D eigenvalue weighted by Gasteiger charge is 2.21. The molecule has 1 atom stereocenters. The molecule has 0 radical (unpaired) electrons. The van der Waals surface area contributed by atoms with Crippen LogP contribution >= 0.6 is 0 Å². The van der Waals surface area contributed by atoms with E-state index >= 15 is 0 Å². The Morgan fingerprint density at radius 1 is 1.71 bits per heavy atom. The van der Waals surface area contributed by atoms with Crippen molar-refractivity contribution in [1.29, 1.82) is 0 Å². The third-order valence-electron chi connectivity index (χ3n) is 2.47. The maximum absolute atomic E-state index is 4.98. The first kappa shape index (κ1) is 9.33. The predicted molar refractivity (Wildman–Crippen MR) is 52.7 cm³/mol. The zero-order valence-corrected chi connectivity index (χ0v) is 8.49. The topological polar surface area (TPSA) is 50.5 Å². The predicted octanol–water partition coefficient (Wildman–Crippen LogP) is 0.481. The molecule has 78 valence electrons. The van der Waals surface area contributed by atoms with E-state index in [-0.39, 0.29) is 0 Å². The van der Waals surface area contributed by atoms with Crippen molar-refractivity contribution in [2.75, 3.05) is 31.6 Å². The van der Waals surface area contributed by atoms with Gasteiger partial charge in [-0.1, -0.05) is 5.16 Å². The van der Waals surface area contributed by atoms with E-state index in [9.17, 15) is 0 Å². The number of nitrogens with one attached hydrogen (secondary N) is 1. The summed E-state index contributed by atoms with van der Waals surface area (Å²) in [6.45, 7) is 5.08. The van der Waals surface area contributed by atoms with Crippen LogP contribution in [0.5, 0.6) is 5.95 Å². The molecule has 0 bridgehead atoms. The summed E-state index contributed by atoms with van der Waals surface area (Å²) in [5.41, 5.74) is 0. The zero-order chi connectivity index (χ0) is 9.97. The Bertz CT molecular complexity index is 300. The molecule has 0 unspecified atom stereocenters. The highest BCUT2D eigenvalue weighted by molar-refractivity contribution is 5.41. The van der Waals surface area contributed by atoms with Gasteiger partial charge in [0.2, 0.25) is 0 Å². The first-order chi connectivity index (χ1) is 6.81. The molecule has 1 fully saturated rings. The summed E-state index contributed by atoms with van der Waals surface area (Å²) in [7, 11) is 1.57. The Hall–Kier alpha value is -1.23. The van der Waals surface area contributed by atoms with Crippen molar-refractivity contribution < 1.29 is 9.26 Å². The van der Waals surface area contributed by atoms with E-state index in [4.69, 9.17) is 9.26 Å². The minimum Gasteiger partial charge on any atom is -0.467 e. The normalized spacial score (nSPS) is 22.4. The summed E-state index contributed by atoms with van der Waals surface area (Å²) in [4.78, 5) is 2.21. The maximum atomic E-state index is 4.98. The molecule has 2 heterocycles. The quantitative estimate of drug-likeness (QED) is 0.747. The third-order valence-corrected chi connectivity index (χ3v) is 2.47. The molecule has 1 saturated heterocycles. The number of ether oxygens (including phenoxy) is 1. The Morgan fingerprint density at radius 2 is 2.57 bits per heavy atom. The van der Waals surface area contributed by atoms with Crippen LogP contribution in [0, 0.1) is 0 Å². The van der Waals surface area contributed by atoms with Crippen LogP contribution in [0.2, 0.25) is 0 Å². The van der Waals surface area contributed by atoms with E-state index in [0.29, 0.717) is 12.0 Å². The van der Waals surface area contributed by atoms with E-state index in [2.05, 4.69) is 22.3 Å². The monoisotopic (exact) mass is 197 g/mol. The van der Waals surface area contributed by atoms with Gasteiger partial charge in [-0.2, -0.15) is 0 Å². The fourth-order valence-electron chi connectivity index (χ4n) is 1.66. The van der Waals surface area contributed by atoms with Crippen LogP contribution < -0.4 is 15.0 Å². The third kappa shape index (κ3) is 1.68. The van der Waals surface area contributed by atoms with E-state index in [1.807, 2.05) is 6.07 Å². The number of hydrogen-bond donors (Lipinski definition) is 1. The van der Waals surface area contributed by atoms with E-state index in [0.717, 1.165) is 25.5 Å². The molecular formula is C9H15N3O2. The molecule has 1 aromatic heterocycles. The van der Waals surface area contributed by atoms with Crippen LogP contribution in [0.4, 0.5) is 5.82 Å². The summed E-state index contributed by atoms with van der Waals surface area (Å²) in [6.07, 6.45) is 0. The van der Waals surface area contributed by atoms with Crippen molar-refractivity contribution in [1.82, 2.24) is 10.5 Å². The molecule has 1 aromatic rings. The Kier molecular flexibility index (Phi) is 2.58. The number of aromatic nitrogens is 1. The highest BCUT2D eigenvalue weighted by Crippen LogP contribution is 2.21. The summed E-state index contributed by atoms with van der Waals surface area (Å²) < 4.78 is 9.93. The molecule has 1 aliphatic heterocycles. The number of anilines is 1. The van der Waals surface area contributed by atoms with Gasteiger partial charge in [0.15, 0.2) is 5.82 Å². The SMILES string of the molecule is COc1cc(N2CCNC[C@H]2C)no1. The largest absolute Gasteiger partial charge is 0.467 e. The van der Waals surface area contributed by atoms with E-state index in [1.54, 1.807) is 7.11 Å². The molecule has 0 amide bonds. The van der Waals surface area contributed by atoms with Crippen LogP contribution in [0.3, 0.4) is 0 Å². The van der Waals surface area contributed by atoms with Gasteiger partial charge in [-0.3, -0.25) is 0 Å². The van der Waals surface area contributed by atoms with Crippen molar-refractivity contribution >= 4 is 5.82 Å². The van der Waals surface area contributed by atoms with Crippen molar-refractivity contribution in [3.63, 3.8) is 0 Å². The average molecular weight is 197 g/mol. The van der Waals surface area contributed by atoms with Crippen molar-refractivity contribution in [3.05, 3.63) is 6.07 Å². The number of nitrogens with zero attached hydrogens (tertiary/aromatic N) is 2. The number of rotatable bonds is 2. The van der Waals surface area contributed by atoms with Crippen LogP contribution in [0.15, 0.2) is 10.6 Å². The van der Waals surface area contributed by atoms with Gasteiger partial charge in [-0.05, 0) is 6.92 Å². The molecule has 0 spiro atoms. The molecule has 0 saturated carbocycles. The van der Waals surface area contributed by atoms with Gasteiger partial charge in [0.25, 0.3) is 0 Å². The minimum atomic E-state index is 0.443. The average Bonchev–Trinajstić information content (AvgIpc) is 2.67. The molecule has 0 aliphatic carbocycles. The molecule has 2 rings (SSSR count). The first-order valence-corrected chi connectivity index (χ1v) is 4.79. The fraction of sp³-hybridized carbons (Fsp3) is 0.667. The number of methoxy groups -OCH3 is 1. The van der Waals surface area contributed by atoms with Gasteiger partial charge < -0.3 is 19.5 Å². The zero-order valence-electron chi connectivity index (χ0n) is 8.49. The van der Waals surface area contributed by atoms with Crippen LogP contribution in [-0.4, -0.2) is 37.9 Å². The molecule has 14 heavy (non-hydrogen) atoms. The molecule has 5 heteroatoms. The lowest BCUT2D eigenvalue weighted by atomic mass is 10.2. The number of hydrogen-bond acceptors (Lipinski definition) is 5. The van der Waals surface area contributed by atoms with Gasteiger partial charge in [-0.15, -0.1) is 0 Å². The van der Waals surface area contributed by atoms with Crippen LogP contribution in [-0.2, 0) is 0 Å². The van der Waals surface area contributed by atoms with Crippen molar-refractivity contribution in [2.24, 2.45) is 0 Å². The molecule has 1 aliphatic rings. The van der Waals surface area contributed by atoms with E-state index in [1.165, 1.54) is 0 Å². The van der Waals surface area contributed by atoms with Gasteiger partial charge in [0, 0.05) is 25.7 Å². The van der Waals surface area contributed by atoms with Gasteiger partial charge >= 0.3 is 5.95 Å². The Morgan fingerprint density at radius 3 is 3.21 bits per heavy atom. The molecule has 5 nitrogen and oxygen atoms in total. The molecule has 0 aromatic carbocycles. The second-order valence-electron chi connectivity index (χ2n) is 3.45. The Labute approximate surface area is 83.0 Å². The number of piperazine rings is 1. The first-order valence-electron chi connectivity index (χ1n) is 4.79. The second kappa shape index (κ2) is 3.88. The van der Waals surface area contributed by atoms with Gasteiger partial charge in [-0.25, -0.2) is 0 Å². The fourth-order valence-corrected chi connectivity index (χ4v) is 1.66. The highest BCUT2D eigenvalue weighted by atomic mass is 16.6. The maximum Gasteiger partial charge on any atom is 0.313 e. The standard InChI is InChI=1S/C9H15N3O2/c1-7-6-10-3-4-12(7)8-5-9(13-2)14-11-8/h5,7,10H,3-4,6H2,1-2H3/t7-/m1/s1. The Balaban J connectivity index is 2.12.